The van der Waals surface area contributed by atoms with Crippen LogP contribution in [0.15, 0.2) is 18.2 Å². The van der Waals surface area contributed by atoms with Gasteiger partial charge >= 0.3 is 5.97 Å². The number of ether oxygens (including phenoxy) is 2. The number of rotatable bonds is 5. The highest BCUT2D eigenvalue weighted by Gasteiger charge is 2.18. The number of hydrogen-bond donors (Lipinski definition) is 0. The minimum absolute atomic E-state index is 0.147. The molecule has 0 aliphatic rings. The van der Waals surface area contributed by atoms with Gasteiger partial charge in [-0.05, 0) is 30.5 Å². The summed E-state index contributed by atoms with van der Waals surface area (Å²) in [5.74, 6) is 0.371. The van der Waals surface area contributed by atoms with Gasteiger partial charge in [-0.25, -0.2) is 0 Å². The van der Waals surface area contributed by atoms with Crippen LogP contribution in [0.4, 0.5) is 0 Å². The number of halogens is 1. The summed E-state index contributed by atoms with van der Waals surface area (Å²) in [6.45, 7) is 1.96. The maximum Gasteiger partial charge on any atom is 0.308 e. The number of hydrogen-bond acceptors (Lipinski definition) is 3. The summed E-state index contributed by atoms with van der Waals surface area (Å²) in [5, 5.41) is 0.617. The van der Waals surface area contributed by atoms with Crippen LogP contribution in [0.25, 0.3) is 0 Å². The van der Waals surface area contributed by atoms with E-state index in [1.165, 1.54) is 7.11 Å². The Morgan fingerprint density at radius 3 is 2.59 bits per heavy atom. The maximum absolute atomic E-state index is 11.5. The van der Waals surface area contributed by atoms with E-state index in [9.17, 15) is 4.79 Å². The van der Waals surface area contributed by atoms with E-state index in [1.807, 2.05) is 19.1 Å². The van der Waals surface area contributed by atoms with Gasteiger partial charge in [0.1, 0.15) is 5.75 Å². The van der Waals surface area contributed by atoms with Crippen LogP contribution in [0.3, 0.4) is 0 Å². The second-order valence-corrected chi connectivity index (χ2v) is 4.20. The van der Waals surface area contributed by atoms with E-state index in [1.54, 1.807) is 13.2 Å². The van der Waals surface area contributed by atoms with Gasteiger partial charge in [-0.15, -0.1) is 0 Å². The van der Waals surface area contributed by atoms with E-state index < -0.39 is 0 Å². The largest absolute Gasteiger partial charge is 0.497 e. The number of benzene rings is 1. The molecule has 1 aromatic rings. The molecule has 0 N–H and O–H groups in total. The first-order chi connectivity index (χ1) is 8.12. The van der Waals surface area contributed by atoms with Crippen LogP contribution in [0, 0.1) is 5.92 Å². The average Bonchev–Trinajstić information content (AvgIpc) is 2.36. The molecular formula is C13H17ClO3. The summed E-state index contributed by atoms with van der Waals surface area (Å²) in [6, 6.07) is 5.47. The van der Waals surface area contributed by atoms with Crippen molar-refractivity contribution in [1.82, 2.24) is 0 Å². The third-order valence-electron chi connectivity index (χ3n) is 2.75. The Morgan fingerprint density at radius 2 is 2.12 bits per heavy atom. The standard InChI is InChI=1S/C13H17ClO3/c1-4-9(13(15)17-3)7-10-5-6-11(16-2)8-12(10)14/h5-6,8-9H,4,7H2,1-3H3. The van der Waals surface area contributed by atoms with Crippen LogP contribution in [-0.4, -0.2) is 20.2 Å². The van der Waals surface area contributed by atoms with Crippen LogP contribution in [-0.2, 0) is 16.0 Å². The summed E-state index contributed by atoms with van der Waals surface area (Å²) in [5.41, 5.74) is 0.935. The van der Waals surface area contributed by atoms with Gasteiger partial charge in [0.05, 0.1) is 20.1 Å². The van der Waals surface area contributed by atoms with E-state index in [4.69, 9.17) is 21.1 Å². The van der Waals surface area contributed by atoms with Crippen molar-refractivity contribution in [3.05, 3.63) is 28.8 Å². The summed E-state index contributed by atoms with van der Waals surface area (Å²) < 4.78 is 9.83. The van der Waals surface area contributed by atoms with Gasteiger partial charge in [-0.2, -0.15) is 0 Å². The van der Waals surface area contributed by atoms with Crippen LogP contribution in [0.2, 0.25) is 5.02 Å². The average molecular weight is 257 g/mol. The molecule has 1 rings (SSSR count). The Bertz CT molecular complexity index is 390. The van der Waals surface area contributed by atoms with E-state index in [2.05, 4.69) is 0 Å². The molecule has 1 aromatic carbocycles. The van der Waals surface area contributed by atoms with Gasteiger partial charge in [0, 0.05) is 5.02 Å². The van der Waals surface area contributed by atoms with Gasteiger partial charge in [0.2, 0.25) is 0 Å². The van der Waals surface area contributed by atoms with Gasteiger partial charge in [0.15, 0.2) is 0 Å². The zero-order chi connectivity index (χ0) is 12.8. The molecule has 0 fully saturated rings. The Morgan fingerprint density at radius 1 is 1.41 bits per heavy atom. The fraction of sp³-hybridized carbons (Fsp3) is 0.462. The zero-order valence-corrected chi connectivity index (χ0v) is 11.1. The fourth-order valence-corrected chi connectivity index (χ4v) is 1.89. The third-order valence-corrected chi connectivity index (χ3v) is 3.11. The lowest BCUT2D eigenvalue weighted by molar-refractivity contribution is -0.145. The molecule has 0 aliphatic carbocycles. The smallest absolute Gasteiger partial charge is 0.308 e. The van der Waals surface area contributed by atoms with E-state index >= 15 is 0 Å². The molecule has 0 saturated carbocycles. The quantitative estimate of drug-likeness (QED) is 0.760. The van der Waals surface area contributed by atoms with Crippen LogP contribution in [0.1, 0.15) is 18.9 Å². The molecule has 0 amide bonds. The van der Waals surface area contributed by atoms with Gasteiger partial charge in [-0.3, -0.25) is 4.79 Å². The Kier molecular flexibility index (Phi) is 5.29. The highest BCUT2D eigenvalue weighted by atomic mass is 35.5. The Balaban J connectivity index is 2.83. The Labute approximate surface area is 107 Å². The molecule has 0 aromatic heterocycles. The second-order valence-electron chi connectivity index (χ2n) is 3.79. The van der Waals surface area contributed by atoms with Crippen molar-refractivity contribution >= 4 is 17.6 Å². The summed E-state index contributed by atoms with van der Waals surface area (Å²) >= 11 is 6.12. The normalized spacial score (nSPS) is 12.0. The number of esters is 1. The fourth-order valence-electron chi connectivity index (χ4n) is 1.65. The van der Waals surface area contributed by atoms with Crippen molar-refractivity contribution < 1.29 is 14.3 Å². The summed E-state index contributed by atoms with van der Waals surface area (Å²) in [4.78, 5) is 11.5. The van der Waals surface area contributed by atoms with Gasteiger partial charge in [-0.1, -0.05) is 24.6 Å². The molecule has 94 valence electrons. The van der Waals surface area contributed by atoms with Crippen LogP contribution >= 0.6 is 11.6 Å². The highest BCUT2D eigenvalue weighted by Crippen LogP contribution is 2.25. The molecule has 0 bridgehead atoms. The third kappa shape index (κ3) is 3.63. The van der Waals surface area contributed by atoms with Crippen molar-refractivity contribution in [3.63, 3.8) is 0 Å². The predicted octanol–water partition coefficient (Wildman–Crippen LogP) is 3.09. The molecule has 0 spiro atoms. The van der Waals surface area contributed by atoms with E-state index in [-0.39, 0.29) is 11.9 Å². The SMILES string of the molecule is CCC(Cc1ccc(OC)cc1Cl)C(=O)OC. The molecule has 1 unspecified atom stereocenters. The summed E-state index contributed by atoms with van der Waals surface area (Å²) in [7, 11) is 3.00. The molecule has 17 heavy (non-hydrogen) atoms. The number of carbonyl (C=O) groups excluding carboxylic acids is 1. The molecular weight excluding hydrogens is 240 g/mol. The first-order valence-corrected chi connectivity index (χ1v) is 5.90. The molecule has 0 radical (unpaired) electrons. The van der Waals surface area contributed by atoms with Crippen molar-refractivity contribution in [2.75, 3.05) is 14.2 Å². The monoisotopic (exact) mass is 256 g/mol. The van der Waals surface area contributed by atoms with Crippen LogP contribution in [0.5, 0.6) is 5.75 Å². The number of methoxy groups -OCH3 is 2. The summed E-state index contributed by atoms with van der Waals surface area (Å²) in [6.07, 6.45) is 1.32. The van der Waals surface area contributed by atoms with E-state index in [0.29, 0.717) is 17.2 Å². The number of carbonyl (C=O) groups is 1. The van der Waals surface area contributed by atoms with E-state index in [0.717, 1.165) is 12.0 Å². The van der Waals surface area contributed by atoms with Gasteiger partial charge < -0.3 is 9.47 Å². The molecule has 0 heterocycles. The highest BCUT2D eigenvalue weighted by molar-refractivity contribution is 6.31. The first-order valence-electron chi connectivity index (χ1n) is 5.52. The topological polar surface area (TPSA) is 35.5 Å². The minimum Gasteiger partial charge on any atom is -0.497 e. The lowest BCUT2D eigenvalue weighted by Crippen LogP contribution is -2.18. The Hall–Kier alpha value is -1.22. The minimum atomic E-state index is -0.195. The lowest BCUT2D eigenvalue weighted by Gasteiger charge is -2.13. The molecule has 0 saturated heterocycles. The predicted molar refractivity (Wildman–Crippen MR) is 67.5 cm³/mol. The molecule has 3 nitrogen and oxygen atoms in total. The van der Waals surface area contributed by atoms with Crippen molar-refractivity contribution in [2.24, 2.45) is 5.92 Å². The van der Waals surface area contributed by atoms with Crippen LogP contribution < -0.4 is 4.74 Å². The molecule has 4 heteroatoms. The first kappa shape index (κ1) is 13.8. The van der Waals surface area contributed by atoms with Crippen molar-refractivity contribution in [2.45, 2.75) is 19.8 Å². The molecule has 1 atom stereocenters. The van der Waals surface area contributed by atoms with Gasteiger partial charge in [0.25, 0.3) is 0 Å². The van der Waals surface area contributed by atoms with Crippen molar-refractivity contribution in [3.8, 4) is 5.75 Å². The van der Waals surface area contributed by atoms with Crippen molar-refractivity contribution in [1.29, 1.82) is 0 Å². The molecule has 0 aliphatic heterocycles. The zero-order valence-electron chi connectivity index (χ0n) is 10.3. The second kappa shape index (κ2) is 6.50. The maximum atomic E-state index is 11.5. The lowest BCUT2D eigenvalue weighted by atomic mass is 9.97.